The van der Waals surface area contributed by atoms with E-state index in [1.54, 1.807) is 19.1 Å². The Balaban J connectivity index is 1.80. The molecule has 1 aromatic rings. The van der Waals surface area contributed by atoms with Gasteiger partial charge in [0.15, 0.2) is 11.5 Å². The lowest BCUT2D eigenvalue weighted by Gasteiger charge is -2.31. The first-order valence-corrected chi connectivity index (χ1v) is 6.56. The smallest absolute Gasteiger partial charge is 0.219 e. The molecule has 5 nitrogen and oxygen atoms in total. The second kappa shape index (κ2) is 5.93. The van der Waals surface area contributed by atoms with E-state index in [4.69, 9.17) is 0 Å². The summed E-state index contributed by atoms with van der Waals surface area (Å²) >= 11 is 0. The first kappa shape index (κ1) is 13.7. The number of carbonyl (C=O) groups excluding carboxylic acids is 1. The van der Waals surface area contributed by atoms with Gasteiger partial charge in [-0.2, -0.15) is 0 Å². The van der Waals surface area contributed by atoms with Gasteiger partial charge < -0.3 is 20.4 Å². The molecule has 1 fully saturated rings. The van der Waals surface area contributed by atoms with Crippen LogP contribution in [0.4, 0.5) is 0 Å². The van der Waals surface area contributed by atoms with Crippen molar-refractivity contribution in [1.82, 2.24) is 10.2 Å². The number of piperidine rings is 1. The zero-order chi connectivity index (χ0) is 13.8. The predicted octanol–water partition coefficient (Wildman–Crippen LogP) is 1.20. The Bertz CT molecular complexity index is 454. The molecule has 0 spiro atoms. The van der Waals surface area contributed by atoms with E-state index in [0.717, 1.165) is 31.5 Å². The minimum absolute atomic E-state index is 0.0919. The number of nitrogens with zero attached hydrogens (tertiary/aromatic N) is 1. The zero-order valence-corrected chi connectivity index (χ0v) is 11.1. The van der Waals surface area contributed by atoms with E-state index in [1.807, 2.05) is 4.90 Å². The Hall–Kier alpha value is -1.75. The number of nitrogens with one attached hydrogen (secondary N) is 1. The van der Waals surface area contributed by atoms with E-state index >= 15 is 0 Å². The van der Waals surface area contributed by atoms with Crippen LogP contribution in [0.5, 0.6) is 11.5 Å². The van der Waals surface area contributed by atoms with Crippen LogP contribution in [0.3, 0.4) is 0 Å². The number of hydrogen-bond donors (Lipinski definition) is 3. The average Bonchev–Trinajstić information content (AvgIpc) is 2.40. The lowest BCUT2D eigenvalue weighted by atomic mass is 10.0. The van der Waals surface area contributed by atoms with Crippen molar-refractivity contribution in [3.8, 4) is 11.5 Å². The number of aromatic hydroxyl groups is 2. The molecule has 1 saturated heterocycles. The molecule has 1 aromatic carbocycles. The van der Waals surface area contributed by atoms with E-state index < -0.39 is 0 Å². The summed E-state index contributed by atoms with van der Waals surface area (Å²) in [6, 6.07) is 5.23. The van der Waals surface area contributed by atoms with Crippen LogP contribution < -0.4 is 5.32 Å². The van der Waals surface area contributed by atoms with Gasteiger partial charge in [0.1, 0.15) is 0 Å². The molecular formula is C14H20N2O3. The molecule has 19 heavy (non-hydrogen) atoms. The molecule has 104 valence electrons. The van der Waals surface area contributed by atoms with E-state index in [-0.39, 0.29) is 17.4 Å². The van der Waals surface area contributed by atoms with Gasteiger partial charge in [-0.1, -0.05) is 6.07 Å². The van der Waals surface area contributed by atoms with Crippen molar-refractivity contribution in [2.75, 3.05) is 13.1 Å². The molecule has 0 aliphatic carbocycles. The molecular weight excluding hydrogens is 244 g/mol. The van der Waals surface area contributed by atoms with Crippen LogP contribution in [0.2, 0.25) is 0 Å². The van der Waals surface area contributed by atoms with E-state index in [0.29, 0.717) is 12.6 Å². The Morgan fingerprint density at radius 1 is 1.32 bits per heavy atom. The van der Waals surface area contributed by atoms with E-state index in [9.17, 15) is 15.0 Å². The van der Waals surface area contributed by atoms with Gasteiger partial charge >= 0.3 is 0 Å². The van der Waals surface area contributed by atoms with Crippen molar-refractivity contribution >= 4 is 5.91 Å². The average molecular weight is 264 g/mol. The fraction of sp³-hybridized carbons (Fsp3) is 0.500. The van der Waals surface area contributed by atoms with Crippen LogP contribution in [-0.4, -0.2) is 40.2 Å². The fourth-order valence-corrected chi connectivity index (χ4v) is 2.34. The van der Waals surface area contributed by atoms with Crippen molar-refractivity contribution < 1.29 is 15.0 Å². The van der Waals surface area contributed by atoms with Crippen molar-refractivity contribution in [1.29, 1.82) is 0 Å². The fourth-order valence-electron chi connectivity index (χ4n) is 2.34. The number of amides is 1. The van der Waals surface area contributed by atoms with E-state index in [2.05, 4.69) is 5.32 Å². The monoisotopic (exact) mass is 264 g/mol. The van der Waals surface area contributed by atoms with Gasteiger partial charge in [-0.15, -0.1) is 0 Å². The van der Waals surface area contributed by atoms with E-state index in [1.165, 1.54) is 6.07 Å². The quantitative estimate of drug-likeness (QED) is 0.717. The van der Waals surface area contributed by atoms with Crippen molar-refractivity contribution in [3.05, 3.63) is 23.8 Å². The topological polar surface area (TPSA) is 72.8 Å². The molecule has 0 radical (unpaired) electrons. The Morgan fingerprint density at radius 3 is 2.58 bits per heavy atom. The van der Waals surface area contributed by atoms with Crippen molar-refractivity contribution in [2.24, 2.45) is 0 Å². The largest absolute Gasteiger partial charge is 0.504 e. The third-order valence-electron chi connectivity index (χ3n) is 3.57. The normalized spacial score (nSPS) is 16.6. The first-order valence-electron chi connectivity index (χ1n) is 6.56. The molecule has 3 N–H and O–H groups in total. The summed E-state index contributed by atoms with van der Waals surface area (Å²) in [6.45, 7) is 3.85. The molecule has 0 aromatic heterocycles. The molecule has 0 atom stereocenters. The first-order chi connectivity index (χ1) is 9.06. The van der Waals surface area contributed by atoms with Crippen molar-refractivity contribution in [3.63, 3.8) is 0 Å². The third kappa shape index (κ3) is 3.61. The standard InChI is InChI=1S/C14H20N2O3/c1-10(17)16-6-4-12(5-7-16)15-9-11-2-3-13(18)14(19)8-11/h2-3,8,12,15,18-19H,4-7,9H2,1H3. The maximum absolute atomic E-state index is 11.2. The maximum atomic E-state index is 11.2. The molecule has 2 rings (SSSR count). The van der Waals surface area contributed by atoms with Crippen LogP contribution in [0.15, 0.2) is 18.2 Å². The molecule has 0 bridgehead atoms. The maximum Gasteiger partial charge on any atom is 0.219 e. The highest BCUT2D eigenvalue weighted by Crippen LogP contribution is 2.24. The molecule has 0 saturated carbocycles. The SMILES string of the molecule is CC(=O)N1CCC(NCc2ccc(O)c(O)c2)CC1. The lowest BCUT2D eigenvalue weighted by Crippen LogP contribution is -2.43. The summed E-state index contributed by atoms with van der Waals surface area (Å²) in [4.78, 5) is 13.1. The molecule has 5 heteroatoms. The molecule has 1 aliphatic heterocycles. The van der Waals surface area contributed by atoms with Gasteiger partial charge in [0.25, 0.3) is 0 Å². The summed E-state index contributed by atoms with van der Waals surface area (Å²) in [6.07, 6.45) is 1.90. The van der Waals surface area contributed by atoms with Crippen LogP contribution in [0, 0.1) is 0 Å². The predicted molar refractivity (Wildman–Crippen MR) is 71.9 cm³/mol. The van der Waals surface area contributed by atoms with Gasteiger partial charge in [0, 0.05) is 32.6 Å². The Morgan fingerprint density at radius 2 is 2.00 bits per heavy atom. The highest BCUT2D eigenvalue weighted by molar-refractivity contribution is 5.73. The molecule has 1 amide bonds. The highest BCUT2D eigenvalue weighted by Gasteiger charge is 2.20. The molecule has 1 aliphatic rings. The summed E-state index contributed by atoms with van der Waals surface area (Å²) in [5.74, 6) is -0.0499. The van der Waals surface area contributed by atoms with Crippen LogP contribution in [0.1, 0.15) is 25.3 Å². The lowest BCUT2D eigenvalue weighted by molar-refractivity contribution is -0.129. The van der Waals surface area contributed by atoms with Gasteiger partial charge in [-0.05, 0) is 30.5 Å². The van der Waals surface area contributed by atoms with Crippen LogP contribution >= 0.6 is 0 Å². The second-order valence-electron chi connectivity index (χ2n) is 4.98. The van der Waals surface area contributed by atoms with Crippen molar-refractivity contribution in [2.45, 2.75) is 32.4 Å². The van der Waals surface area contributed by atoms with Gasteiger partial charge in [-0.25, -0.2) is 0 Å². The minimum atomic E-state index is -0.0986. The summed E-state index contributed by atoms with van der Waals surface area (Å²) in [5.41, 5.74) is 0.935. The number of benzene rings is 1. The van der Waals surface area contributed by atoms with Crippen LogP contribution in [0.25, 0.3) is 0 Å². The highest BCUT2D eigenvalue weighted by atomic mass is 16.3. The number of hydrogen-bond acceptors (Lipinski definition) is 4. The van der Waals surface area contributed by atoms with Gasteiger partial charge in [0.2, 0.25) is 5.91 Å². The summed E-state index contributed by atoms with van der Waals surface area (Å²) < 4.78 is 0. The minimum Gasteiger partial charge on any atom is -0.504 e. The number of carbonyl (C=O) groups is 1. The summed E-state index contributed by atoms with van der Waals surface area (Å²) in [7, 11) is 0. The number of rotatable bonds is 3. The third-order valence-corrected chi connectivity index (χ3v) is 3.57. The molecule has 1 heterocycles. The van der Waals surface area contributed by atoms with Gasteiger partial charge in [-0.3, -0.25) is 4.79 Å². The summed E-state index contributed by atoms with van der Waals surface area (Å²) in [5, 5.41) is 22.1. The molecule has 0 unspecified atom stereocenters. The number of phenols is 2. The Labute approximate surface area is 112 Å². The van der Waals surface area contributed by atoms with Crippen LogP contribution in [-0.2, 0) is 11.3 Å². The van der Waals surface area contributed by atoms with Gasteiger partial charge in [0.05, 0.1) is 0 Å². The second-order valence-corrected chi connectivity index (χ2v) is 4.98. The zero-order valence-electron chi connectivity index (χ0n) is 11.1. The number of likely N-dealkylation sites (tertiary alicyclic amines) is 1. The Kier molecular flexibility index (Phi) is 4.27. The number of phenolic OH excluding ortho intramolecular Hbond substituents is 2.